The van der Waals surface area contributed by atoms with Gasteiger partial charge in [0.05, 0.1) is 31.5 Å². The fourth-order valence-corrected chi connectivity index (χ4v) is 3.32. The Hall–Kier alpha value is -2.44. The van der Waals surface area contributed by atoms with Gasteiger partial charge in [0.15, 0.2) is 5.96 Å². The smallest absolute Gasteiger partial charge is 0.191 e. The number of nitrogens with one attached hydrogen (secondary N) is 2. The second-order valence-electron chi connectivity index (χ2n) is 6.71. The summed E-state index contributed by atoms with van der Waals surface area (Å²) in [6.07, 6.45) is 1.80. The first-order valence-electron chi connectivity index (χ1n) is 9.49. The standard InChI is InChI=1S/C21H29N5O/c1-17-6-5-7-18(14-17)20(26-10-12-27-13-11-26)16-25-21(22-2)24-15-19-8-3-4-9-23-19/h3-9,14,20H,10-13,15-16H2,1-2H3,(H2,22,24,25). The van der Waals surface area contributed by atoms with Crippen molar-refractivity contribution in [3.8, 4) is 0 Å². The van der Waals surface area contributed by atoms with Gasteiger partial charge in [-0.15, -0.1) is 0 Å². The van der Waals surface area contributed by atoms with Gasteiger partial charge in [-0.25, -0.2) is 0 Å². The average molecular weight is 367 g/mol. The lowest BCUT2D eigenvalue weighted by Gasteiger charge is -2.35. The van der Waals surface area contributed by atoms with E-state index >= 15 is 0 Å². The topological polar surface area (TPSA) is 61.8 Å². The van der Waals surface area contributed by atoms with Crippen molar-refractivity contribution in [2.45, 2.75) is 19.5 Å². The van der Waals surface area contributed by atoms with Gasteiger partial charge in [0.25, 0.3) is 0 Å². The SMILES string of the molecule is CN=C(NCc1ccccn1)NCC(c1cccc(C)c1)N1CCOCC1. The van der Waals surface area contributed by atoms with Crippen LogP contribution in [-0.2, 0) is 11.3 Å². The lowest BCUT2D eigenvalue weighted by molar-refractivity contribution is 0.0170. The maximum Gasteiger partial charge on any atom is 0.191 e. The Morgan fingerprint density at radius 1 is 1.19 bits per heavy atom. The second kappa shape index (κ2) is 10.0. The van der Waals surface area contributed by atoms with Crippen molar-refractivity contribution >= 4 is 5.96 Å². The number of rotatable bonds is 6. The largest absolute Gasteiger partial charge is 0.379 e. The lowest BCUT2D eigenvalue weighted by Crippen LogP contribution is -2.46. The zero-order valence-electron chi connectivity index (χ0n) is 16.2. The summed E-state index contributed by atoms with van der Waals surface area (Å²) >= 11 is 0. The van der Waals surface area contributed by atoms with Gasteiger partial charge in [-0.2, -0.15) is 0 Å². The predicted molar refractivity (Wildman–Crippen MR) is 109 cm³/mol. The summed E-state index contributed by atoms with van der Waals surface area (Å²) in [5.74, 6) is 0.784. The first-order chi connectivity index (χ1) is 13.3. The maximum atomic E-state index is 5.54. The predicted octanol–water partition coefficient (Wildman–Crippen LogP) is 2.13. The normalized spacial score (nSPS) is 16.7. The van der Waals surface area contributed by atoms with Gasteiger partial charge in [-0.05, 0) is 24.6 Å². The molecular weight excluding hydrogens is 338 g/mol. The Bertz CT molecular complexity index is 728. The van der Waals surface area contributed by atoms with Crippen LogP contribution in [0, 0.1) is 6.92 Å². The average Bonchev–Trinajstić information content (AvgIpc) is 2.72. The molecule has 2 aromatic rings. The van der Waals surface area contributed by atoms with Crippen molar-refractivity contribution in [2.75, 3.05) is 39.9 Å². The molecule has 1 fully saturated rings. The van der Waals surface area contributed by atoms with Crippen LogP contribution in [0.3, 0.4) is 0 Å². The summed E-state index contributed by atoms with van der Waals surface area (Å²) in [5.41, 5.74) is 3.59. The maximum absolute atomic E-state index is 5.54. The Morgan fingerprint density at radius 2 is 2.04 bits per heavy atom. The van der Waals surface area contributed by atoms with Gasteiger partial charge < -0.3 is 15.4 Å². The van der Waals surface area contributed by atoms with Gasteiger partial charge in [-0.1, -0.05) is 35.9 Å². The van der Waals surface area contributed by atoms with E-state index in [-0.39, 0.29) is 6.04 Å². The highest BCUT2D eigenvalue weighted by molar-refractivity contribution is 5.79. The molecule has 0 amide bonds. The van der Waals surface area contributed by atoms with Crippen LogP contribution in [0.25, 0.3) is 0 Å². The van der Waals surface area contributed by atoms with Crippen molar-refractivity contribution in [3.05, 3.63) is 65.5 Å². The van der Waals surface area contributed by atoms with Crippen molar-refractivity contribution in [2.24, 2.45) is 4.99 Å². The van der Waals surface area contributed by atoms with Gasteiger partial charge in [0, 0.05) is 32.9 Å². The molecule has 3 rings (SSSR count). The van der Waals surface area contributed by atoms with E-state index in [0.29, 0.717) is 6.54 Å². The molecule has 1 aromatic heterocycles. The third kappa shape index (κ3) is 5.77. The molecule has 1 aliphatic heterocycles. The van der Waals surface area contributed by atoms with Crippen molar-refractivity contribution in [1.29, 1.82) is 0 Å². The molecule has 6 nitrogen and oxygen atoms in total. The highest BCUT2D eigenvalue weighted by Gasteiger charge is 2.23. The van der Waals surface area contributed by atoms with E-state index in [1.165, 1.54) is 11.1 Å². The Morgan fingerprint density at radius 3 is 2.74 bits per heavy atom. The van der Waals surface area contributed by atoms with Gasteiger partial charge >= 0.3 is 0 Å². The van der Waals surface area contributed by atoms with Crippen LogP contribution in [0.5, 0.6) is 0 Å². The third-order valence-corrected chi connectivity index (χ3v) is 4.76. The van der Waals surface area contributed by atoms with Crippen LogP contribution in [0.1, 0.15) is 22.9 Å². The first kappa shape index (κ1) is 19.3. The number of aryl methyl sites for hydroxylation is 1. The van der Waals surface area contributed by atoms with E-state index in [9.17, 15) is 0 Å². The molecule has 2 heterocycles. The minimum Gasteiger partial charge on any atom is -0.379 e. The molecule has 1 atom stereocenters. The Kier molecular flexibility index (Phi) is 7.19. The summed E-state index contributed by atoms with van der Waals surface area (Å²) in [6, 6.07) is 14.9. The number of guanidine groups is 1. The van der Waals surface area contributed by atoms with E-state index in [1.54, 1.807) is 13.2 Å². The quantitative estimate of drug-likeness (QED) is 0.605. The molecule has 0 saturated carbocycles. The number of aromatic nitrogens is 1. The molecule has 2 N–H and O–H groups in total. The van der Waals surface area contributed by atoms with E-state index in [2.05, 4.69) is 56.7 Å². The van der Waals surface area contributed by atoms with Gasteiger partial charge in [0.2, 0.25) is 0 Å². The monoisotopic (exact) mass is 367 g/mol. The summed E-state index contributed by atoms with van der Waals surface area (Å²) in [5, 5.41) is 6.82. The third-order valence-electron chi connectivity index (χ3n) is 4.76. The molecule has 1 aliphatic rings. The number of pyridine rings is 1. The summed E-state index contributed by atoms with van der Waals surface area (Å²) in [4.78, 5) is 11.2. The van der Waals surface area contributed by atoms with Crippen molar-refractivity contribution < 1.29 is 4.74 Å². The summed E-state index contributed by atoms with van der Waals surface area (Å²) < 4.78 is 5.54. The Labute approximate surface area is 161 Å². The molecule has 144 valence electrons. The van der Waals surface area contributed by atoms with E-state index < -0.39 is 0 Å². The van der Waals surface area contributed by atoms with Crippen molar-refractivity contribution in [1.82, 2.24) is 20.5 Å². The fourth-order valence-electron chi connectivity index (χ4n) is 3.32. The van der Waals surface area contributed by atoms with Crippen LogP contribution in [-0.4, -0.2) is 55.7 Å². The molecule has 0 radical (unpaired) electrons. The zero-order valence-corrected chi connectivity index (χ0v) is 16.2. The molecular formula is C21H29N5O. The number of nitrogens with zero attached hydrogens (tertiary/aromatic N) is 3. The number of morpholine rings is 1. The number of benzene rings is 1. The molecule has 1 unspecified atom stereocenters. The highest BCUT2D eigenvalue weighted by Crippen LogP contribution is 2.22. The van der Waals surface area contributed by atoms with Gasteiger partial charge in [-0.3, -0.25) is 14.9 Å². The van der Waals surface area contributed by atoms with Crippen LogP contribution >= 0.6 is 0 Å². The molecule has 0 bridgehead atoms. The number of ether oxygens (including phenoxy) is 1. The molecule has 0 spiro atoms. The van der Waals surface area contributed by atoms with Crippen molar-refractivity contribution in [3.63, 3.8) is 0 Å². The van der Waals surface area contributed by atoms with Crippen LogP contribution < -0.4 is 10.6 Å². The summed E-state index contributed by atoms with van der Waals surface area (Å²) in [6.45, 7) is 7.03. The lowest BCUT2D eigenvalue weighted by atomic mass is 10.0. The van der Waals surface area contributed by atoms with Crippen LogP contribution in [0.4, 0.5) is 0 Å². The fraction of sp³-hybridized carbons (Fsp3) is 0.429. The van der Waals surface area contributed by atoms with Crippen LogP contribution in [0.2, 0.25) is 0 Å². The number of aliphatic imine (C=N–C) groups is 1. The molecule has 1 aromatic carbocycles. The highest BCUT2D eigenvalue weighted by atomic mass is 16.5. The van der Waals surface area contributed by atoms with E-state index in [4.69, 9.17) is 4.74 Å². The Balaban J connectivity index is 1.64. The molecule has 27 heavy (non-hydrogen) atoms. The zero-order chi connectivity index (χ0) is 18.9. The summed E-state index contributed by atoms with van der Waals surface area (Å²) in [7, 11) is 1.80. The minimum absolute atomic E-state index is 0.280. The van der Waals surface area contributed by atoms with E-state index in [0.717, 1.165) is 44.5 Å². The molecule has 1 saturated heterocycles. The molecule has 0 aliphatic carbocycles. The van der Waals surface area contributed by atoms with Crippen LogP contribution in [0.15, 0.2) is 53.7 Å². The molecule has 6 heteroatoms. The van der Waals surface area contributed by atoms with Gasteiger partial charge in [0.1, 0.15) is 0 Å². The number of hydrogen-bond donors (Lipinski definition) is 2. The second-order valence-corrected chi connectivity index (χ2v) is 6.71. The van der Waals surface area contributed by atoms with E-state index in [1.807, 2.05) is 18.2 Å². The minimum atomic E-state index is 0.280. The first-order valence-corrected chi connectivity index (χ1v) is 9.49. The number of hydrogen-bond acceptors (Lipinski definition) is 4.